The van der Waals surface area contributed by atoms with Gasteiger partial charge in [-0.05, 0) is 34.1 Å². The van der Waals surface area contributed by atoms with Crippen LogP contribution in [0.5, 0.6) is 5.75 Å². The van der Waals surface area contributed by atoms with Crippen molar-refractivity contribution in [2.24, 2.45) is 0 Å². The molecular weight excluding hydrogens is 298 g/mol. The van der Waals surface area contributed by atoms with Crippen molar-refractivity contribution in [3.8, 4) is 5.75 Å². The van der Waals surface area contributed by atoms with Gasteiger partial charge < -0.3 is 4.74 Å². The van der Waals surface area contributed by atoms with Crippen LogP contribution in [-0.2, 0) is 6.61 Å². The number of benzene rings is 1. The zero-order valence-corrected chi connectivity index (χ0v) is 10.8. The molecule has 0 N–H and O–H groups in total. The molecule has 0 fully saturated rings. The van der Waals surface area contributed by atoms with Gasteiger partial charge in [-0.2, -0.15) is 0 Å². The Morgan fingerprint density at radius 3 is 3.00 bits per heavy atom. The van der Waals surface area contributed by atoms with Crippen molar-refractivity contribution in [1.29, 1.82) is 0 Å². The second-order valence-electron chi connectivity index (χ2n) is 2.81. The van der Waals surface area contributed by atoms with Crippen LogP contribution in [-0.4, -0.2) is 4.98 Å². The van der Waals surface area contributed by atoms with Gasteiger partial charge in [0, 0.05) is 10.4 Å². The van der Waals surface area contributed by atoms with Gasteiger partial charge in [-0.25, -0.2) is 4.98 Å². The molecule has 0 aliphatic rings. The molecule has 0 aliphatic carbocycles. The van der Waals surface area contributed by atoms with Crippen LogP contribution in [0, 0.1) is 0 Å². The summed E-state index contributed by atoms with van der Waals surface area (Å²) in [6.45, 7) is 0.469. The minimum absolute atomic E-state index is 0.469. The maximum Gasteiger partial charge on any atom is 0.140 e. The molecule has 0 bridgehead atoms. The molecule has 1 heterocycles. The standard InChI is InChI=1S/C10H7BrClNOS/c11-9-6-15-10(13-9)5-14-8-3-1-2-7(12)4-8/h1-4,6H,5H2. The highest BCUT2D eigenvalue weighted by Crippen LogP contribution is 2.20. The highest BCUT2D eigenvalue weighted by molar-refractivity contribution is 9.10. The van der Waals surface area contributed by atoms with Gasteiger partial charge >= 0.3 is 0 Å². The third-order valence-electron chi connectivity index (χ3n) is 1.68. The van der Waals surface area contributed by atoms with Crippen molar-refractivity contribution in [2.45, 2.75) is 6.61 Å². The van der Waals surface area contributed by atoms with Gasteiger partial charge in [0.15, 0.2) is 0 Å². The van der Waals surface area contributed by atoms with Gasteiger partial charge in [-0.1, -0.05) is 17.7 Å². The van der Waals surface area contributed by atoms with Crippen LogP contribution in [0.15, 0.2) is 34.2 Å². The van der Waals surface area contributed by atoms with Gasteiger partial charge in [-0.3, -0.25) is 0 Å². The summed E-state index contributed by atoms with van der Waals surface area (Å²) < 4.78 is 6.37. The third kappa shape index (κ3) is 3.19. The lowest BCUT2D eigenvalue weighted by molar-refractivity contribution is 0.305. The summed E-state index contributed by atoms with van der Waals surface area (Å²) in [6.07, 6.45) is 0. The lowest BCUT2D eigenvalue weighted by Crippen LogP contribution is -1.94. The molecule has 5 heteroatoms. The lowest BCUT2D eigenvalue weighted by Gasteiger charge is -2.03. The summed E-state index contributed by atoms with van der Waals surface area (Å²) in [5.74, 6) is 0.758. The van der Waals surface area contributed by atoms with Crippen molar-refractivity contribution >= 4 is 38.9 Å². The van der Waals surface area contributed by atoms with Crippen LogP contribution in [0.2, 0.25) is 5.02 Å². The minimum Gasteiger partial charge on any atom is -0.486 e. The molecule has 2 nitrogen and oxygen atoms in total. The van der Waals surface area contributed by atoms with E-state index in [2.05, 4.69) is 20.9 Å². The van der Waals surface area contributed by atoms with E-state index in [4.69, 9.17) is 16.3 Å². The Balaban J connectivity index is 1.99. The highest BCUT2D eigenvalue weighted by Gasteiger charge is 2.01. The highest BCUT2D eigenvalue weighted by atomic mass is 79.9. The molecule has 0 aliphatic heterocycles. The summed E-state index contributed by atoms with van der Waals surface area (Å²) >= 11 is 10.7. The Kier molecular flexibility index (Phi) is 3.61. The first-order chi connectivity index (χ1) is 7.24. The van der Waals surface area contributed by atoms with Crippen LogP contribution in [0.25, 0.3) is 0 Å². The number of rotatable bonds is 3. The Morgan fingerprint density at radius 2 is 2.33 bits per heavy atom. The van der Waals surface area contributed by atoms with Crippen molar-refractivity contribution in [1.82, 2.24) is 4.98 Å². The Morgan fingerprint density at radius 1 is 1.47 bits per heavy atom. The molecule has 15 heavy (non-hydrogen) atoms. The molecule has 1 aromatic heterocycles. The monoisotopic (exact) mass is 303 g/mol. The van der Waals surface area contributed by atoms with Crippen molar-refractivity contribution in [3.05, 3.63) is 44.3 Å². The molecular formula is C10H7BrClNOS. The van der Waals surface area contributed by atoms with Crippen LogP contribution >= 0.6 is 38.9 Å². The number of hydrogen-bond donors (Lipinski definition) is 0. The van der Waals surface area contributed by atoms with E-state index in [0.717, 1.165) is 15.4 Å². The minimum atomic E-state index is 0.469. The summed E-state index contributed by atoms with van der Waals surface area (Å²) in [5.41, 5.74) is 0. The Labute approximate surface area is 105 Å². The number of aromatic nitrogens is 1. The summed E-state index contributed by atoms with van der Waals surface area (Å²) in [7, 11) is 0. The fourth-order valence-corrected chi connectivity index (χ4v) is 2.41. The van der Waals surface area contributed by atoms with E-state index >= 15 is 0 Å². The van der Waals surface area contributed by atoms with E-state index in [1.54, 1.807) is 17.4 Å². The number of thiazole rings is 1. The fraction of sp³-hybridized carbons (Fsp3) is 0.100. The zero-order valence-electron chi connectivity index (χ0n) is 7.61. The number of halogens is 2. The molecule has 78 valence electrons. The van der Waals surface area contributed by atoms with Gasteiger partial charge in [0.05, 0.1) is 0 Å². The van der Waals surface area contributed by atoms with E-state index < -0.39 is 0 Å². The van der Waals surface area contributed by atoms with Crippen molar-refractivity contribution in [3.63, 3.8) is 0 Å². The molecule has 0 unspecified atom stereocenters. The van der Waals surface area contributed by atoms with E-state index in [1.807, 2.05) is 23.6 Å². The summed E-state index contributed by atoms with van der Waals surface area (Å²) in [5, 5.41) is 3.53. The first-order valence-electron chi connectivity index (χ1n) is 4.22. The van der Waals surface area contributed by atoms with Crippen molar-refractivity contribution < 1.29 is 4.74 Å². The number of ether oxygens (including phenoxy) is 1. The van der Waals surface area contributed by atoms with Crippen molar-refractivity contribution in [2.75, 3.05) is 0 Å². The van der Waals surface area contributed by atoms with Gasteiger partial charge in [0.25, 0.3) is 0 Å². The quantitative estimate of drug-likeness (QED) is 0.850. The molecule has 2 rings (SSSR count). The van der Waals surface area contributed by atoms with Gasteiger partial charge in [0.2, 0.25) is 0 Å². The molecule has 0 radical (unpaired) electrons. The third-order valence-corrected chi connectivity index (χ3v) is 3.45. The Bertz CT molecular complexity index is 460. The van der Waals surface area contributed by atoms with Crippen LogP contribution in [0.1, 0.15) is 5.01 Å². The normalized spacial score (nSPS) is 10.3. The topological polar surface area (TPSA) is 22.1 Å². The average Bonchev–Trinajstić information content (AvgIpc) is 2.62. The van der Waals surface area contributed by atoms with E-state index in [1.165, 1.54) is 0 Å². The predicted octanol–water partition coefficient (Wildman–Crippen LogP) is 4.14. The predicted molar refractivity (Wildman–Crippen MR) is 65.6 cm³/mol. The second kappa shape index (κ2) is 4.96. The summed E-state index contributed by atoms with van der Waals surface area (Å²) in [6, 6.07) is 7.32. The number of nitrogens with zero attached hydrogens (tertiary/aromatic N) is 1. The Hall–Kier alpha value is -0.580. The number of hydrogen-bond acceptors (Lipinski definition) is 3. The first-order valence-corrected chi connectivity index (χ1v) is 6.27. The largest absolute Gasteiger partial charge is 0.486 e. The zero-order chi connectivity index (χ0) is 10.7. The molecule has 1 aromatic carbocycles. The van der Waals surface area contributed by atoms with E-state index in [-0.39, 0.29) is 0 Å². The molecule has 0 atom stereocenters. The lowest BCUT2D eigenvalue weighted by atomic mass is 10.3. The van der Waals surface area contributed by atoms with E-state index in [0.29, 0.717) is 11.6 Å². The molecule has 0 saturated heterocycles. The van der Waals surface area contributed by atoms with Gasteiger partial charge in [0.1, 0.15) is 22.0 Å². The van der Waals surface area contributed by atoms with Gasteiger partial charge in [-0.15, -0.1) is 11.3 Å². The molecule has 0 saturated carbocycles. The van der Waals surface area contributed by atoms with E-state index in [9.17, 15) is 0 Å². The molecule has 0 amide bonds. The maximum absolute atomic E-state index is 5.83. The average molecular weight is 305 g/mol. The first kappa shape index (κ1) is 10.9. The maximum atomic E-state index is 5.83. The smallest absolute Gasteiger partial charge is 0.140 e. The van der Waals surface area contributed by atoms with Crippen LogP contribution in [0.4, 0.5) is 0 Å². The SMILES string of the molecule is Clc1cccc(OCc2nc(Br)cs2)c1. The molecule has 0 spiro atoms. The fourth-order valence-electron chi connectivity index (χ4n) is 1.06. The summed E-state index contributed by atoms with van der Waals surface area (Å²) in [4.78, 5) is 4.23. The van der Waals surface area contributed by atoms with Crippen LogP contribution in [0.3, 0.4) is 0 Å². The van der Waals surface area contributed by atoms with Crippen LogP contribution < -0.4 is 4.74 Å². The molecule has 2 aromatic rings. The second-order valence-corrected chi connectivity index (χ2v) is 5.00.